The number of aliphatic hydroxyl groups excluding tert-OH is 1. The molecule has 0 aromatic rings. The van der Waals surface area contributed by atoms with E-state index in [1.54, 1.807) is 0 Å². The third kappa shape index (κ3) is 4.52. The summed E-state index contributed by atoms with van der Waals surface area (Å²) in [5.41, 5.74) is 0.450. The highest BCUT2D eigenvalue weighted by atomic mass is 16.3. The molecule has 15 heavy (non-hydrogen) atoms. The van der Waals surface area contributed by atoms with Gasteiger partial charge in [0.2, 0.25) is 0 Å². The molecule has 0 saturated heterocycles. The van der Waals surface area contributed by atoms with Crippen LogP contribution >= 0.6 is 0 Å². The minimum atomic E-state index is -0.124. The molecule has 2 heteroatoms. The number of hydrogen-bond acceptors (Lipinski definition) is 2. The van der Waals surface area contributed by atoms with Crippen molar-refractivity contribution < 1.29 is 5.11 Å². The lowest BCUT2D eigenvalue weighted by Crippen LogP contribution is -2.42. The molecule has 90 valence electrons. The molecule has 0 aromatic carbocycles. The first-order valence-electron chi connectivity index (χ1n) is 6.28. The summed E-state index contributed by atoms with van der Waals surface area (Å²) in [6.45, 7) is 6.92. The third-order valence-electron chi connectivity index (χ3n) is 3.60. The number of aliphatic hydroxyl groups is 1. The minimum absolute atomic E-state index is 0.124. The fourth-order valence-electron chi connectivity index (χ4n) is 2.45. The molecule has 0 bridgehead atoms. The summed E-state index contributed by atoms with van der Waals surface area (Å²) in [5, 5.41) is 13.0. The van der Waals surface area contributed by atoms with E-state index in [2.05, 4.69) is 26.1 Å². The Hall–Kier alpha value is -0.0800. The van der Waals surface area contributed by atoms with Crippen molar-refractivity contribution in [3.05, 3.63) is 0 Å². The predicted molar refractivity (Wildman–Crippen MR) is 64.9 cm³/mol. The van der Waals surface area contributed by atoms with E-state index in [4.69, 9.17) is 0 Å². The predicted octanol–water partition coefficient (Wildman–Crippen LogP) is 2.56. The first kappa shape index (κ1) is 13.0. The van der Waals surface area contributed by atoms with Crippen molar-refractivity contribution in [1.29, 1.82) is 0 Å². The van der Waals surface area contributed by atoms with Gasteiger partial charge < -0.3 is 10.4 Å². The van der Waals surface area contributed by atoms with E-state index < -0.39 is 0 Å². The van der Waals surface area contributed by atoms with Gasteiger partial charge in [-0.05, 0) is 50.5 Å². The average Bonchev–Trinajstić information content (AvgIpc) is 2.15. The van der Waals surface area contributed by atoms with Crippen LogP contribution in [0.3, 0.4) is 0 Å². The Balaban J connectivity index is 2.32. The normalized spacial score (nSPS) is 33.0. The molecule has 1 aliphatic carbocycles. The van der Waals surface area contributed by atoms with Gasteiger partial charge in [0.05, 0.1) is 6.10 Å². The Labute approximate surface area is 94.5 Å². The number of likely N-dealkylation sites (N-methyl/N-ethyl adjacent to an activating group) is 1. The van der Waals surface area contributed by atoms with Crippen molar-refractivity contribution in [2.75, 3.05) is 7.05 Å². The van der Waals surface area contributed by atoms with Crippen LogP contribution in [0.25, 0.3) is 0 Å². The molecule has 1 saturated carbocycles. The minimum Gasteiger partial charge on any atom is -0.392 e. The van der Waals surface area contributed by atoms with Crippen LogP contribution in [0, 0.1) is 11.3 Å². The zero-order valence-electron chi connectivity index (χ0n) is 10.7. The molecule has 1 aliphatic rings. The Morgan fingerprint density at radius 1 is 1.27 bits per heavy atom. The number of nitrogens with one attached hydrogen (secondary N) is 1. The van der Waals surface area contributed by atoms with E-state index in [0.717, 1.165) is 18.8 Å². The van der Waals surface area contributed by atoms with Crippen molar-refractivity contribution in [1.82, 2.24) is 5.32 Å². The smallest absolute Gasteiger partial charge is 0.0693 e. The molecule has 0 aromatic heterocycles. The lowest BCUT2D eigenvalue weighted by Gasteiger charge is -2.34. The fourth-order valence-corrected chi connectivity index (χ4v) is 2.45. The lowest BCUT2D eigenvalue weighted by molar-refractivity contribution is 0.0687. The SMILES string of the molecule is CNC1CC(CCC(C)(C)C)CCC1O. The van der Waals surface area contributed by atoms with E-state index in [1.165, 1.54) is 19.3 Å². The van der Waals surface area contributed by atoms with E-state index in [0.29, 0.717) is 11.5 Å². The van der Waals surface area contributed by atoms with Gasteiger partial charge in [0.1, 0.15) is 0 Å². The standard InChI is InChI=1S/C13H27NO/c1-13(2,3)8-7-10-5-6-12(15)11(9-10)14-4/h10-12,14-15H,5-9H2,1-4H3. The molecule has 0 radical (unpaired) electrons. The maximum atomic E-state index is 9.75. The van der Waals surface area contributed by atoms with Crippen LogP contribution in [-0.4, -0.2) is 24.3 Å². The molecule has 0 spiro atoms. The van der Waals surface area contributed by atoms with Gasteiger partial charge in [0.25, 0.3) is 0 Å². The van der Waals surface area contributed by atoms with Gasteiger partial charge in [-0.1, -0.05) is 20.8 Å². The largest absolute Gasteiger partial charge is 0.392 e. The Kier molecular flexibility index (Phi) is 4.60. The molecule has 2 N–H and O–H groups in total. The molecule has 0 aliphatic heterocycles. The summed E-state index contributed by atoms with van der Waals surface area (Å²) >= 11 is 0. The summed E-state index contributed by atoms with van der Waals surface area (Å²) in [6, 6.07) is 0.323. The molecule has 2 nitrogen and oxygen atoms in total. The molecular weight excluding hydrogens is 186 g/mol. The van der Waals surface area contributed by atoms with Crippen LogP contribution in [0.4, 0.5) is 0 Å². The second-order valence-electron chi connectivity index (χ2n) is 6.24. The van der Waals surface area contributed by atoms with Crippen molar-refractivity contribution in [2.45, 2.75) is 65.0 Å². The maximum Gasteiger partial charge on any atom is 0.0693 e. The zero-order valence-corrected chi connectivity index (χ0v) is 10.7. The molecule has 0 heterocycles. The van der Waals surface area contributed by atoms with Crippen LogP contribution in [0.2, 0.25) is 0 Å². The van der Waals surface area contributed by atoms with Crippen molar-refractivity contribution in [2.24, 2.45) is 11.3 Å². The van der Waals surface area contributed by atoms with Crippen LogP contribution in [-0.2, 0) is 0 Å². The van der Waals surface area contributed by atoms with Gasteiger partial charge in [0, 0.05) is 6.04 Å². The number of hydrogen-bond donors (Lipinski definition) is 2. The second kappa shape index (κ2) is 5.31. The topological polar surface area (TPSA) is 32.3 Å². The van der Waals surface area contributed by atoms with Crippen LogP contribution in [0.15, 0.2) is 0 Å². The highest BCUT2D eigenvalue weighted by molar-refractivity contribution is 4.84. The van der Waals surface area contributed by atoms with E-state index in [9.17, 15) is 5.11 Å². The first-order chi connectivity index (χ1) is 6.92. The van der Waals surface area contributed by atoms with Gasteiger partial charge in [-0.25, -0.2) is 0 Å². The maximum absolute atomic E-state index is 9.75. The van der Waals surface area contributed by atoms with Gasteiger partial charge in [-0.3, -0.25) is 0 Å². The first-order valence-corrected chi connectivity index (χ1v) is 6.28. The monoisotopic (exact) mass is 213 g/mol. The highest BCUT2D eigenvalue weighted by Crippen LogP contribution is 2.32. The summed E-state index contributed by atoms with van der Waals surface area (Å²) in [6.07, 6.45) is 5.81. The summed E-state index contributed by atoms with van der Waals surface area (Å²) in [4.78, 5) is 0. The van der Waals surface area contributed by atoms with E-state index in [-0.39, 0.29) is 6.10 Å². The zero-order chi connectivity index (χ0) is 11.5. The second-order valence-corrected chi connectivity index (χ2v) is 6.24. The molecular formula is C13H27NO. The van der Waals surface area contributed by atoms with Gasteiger partial charge in [-0.2, -0.15) is 0 Å². The van der Waals surface area contributed by atoms with Crippen LogP contribution < -0.4 is 5.32 Å². The quantitative estimate of drug-likeness (QED) is 0.755. The van der Waals surface area contributed by atoms with Gasteiger partial charge >= 0.3 is 0 Å². The lowest BCUT2D eigenvalue weighted by atomic mass is 9.78. The summed E-state index contributed by atoms with van der Waals surface area (Å²) in [7, 11) is 1.96. The summed E-state index contributed by atoms with van der Waals surface area (Å²) < 4.78 is 0. The Bertz CT molecular complexity index is 185. The Morgan fingerprint density at radius 2 is 1.93 bits per heavy atom. The van der Waals surface area contributed by atoms with E-state index in [1.807, 2.05) is 7.05 Å². The molecule has 1 rings (SSSR count). The molecule has 3 atom stereocenters. The molecule has 0 amide bonds. The van der Waals surface area contributed by atoms with Crippen molar-refractivity contribution >= 4 is 0 Å². The molecule has 1 fully saturated rings. The molecule has 3 unspecified atom stereocenters. The average molecular weight is 213 g/mol. The number of rotatable bonds is 3. The van der Waals surface area contributed by atoms with Crippen LogP contribution in [0.1, 0.15) is 52.9 Å². The third-order valence-corrected chi connectivity index (χ3v) is 3.60. The highest BCUT2D eigenvalue weighted by Gasteiger charge is 2.28. The summed E-state index contributed by atoms with van der Waals surface area (Å²) in [5.74, 6) is 0.810. The van der Waals surface area contributed by atoms with Crippen molar-refractivity contribution in [3.8, 4) is 0 Å². The van der Waals surface area contributed by atoms with Gasteiger partial charge in [0.15, 0.2) is 0 Å². The fraction of sp³-hybridized carbons (Fsp3) is 1.00. The van der Waals surface area contributed by atoms with Crippen LogP contribution in [0.5, 0.6) is 0 Å². The Morgan fingerprint density at radius 3 is 2.47 bits per heavy atom. The van der Waals surface area contributed by atoms with Gasteiger partial charge in [-0.15, -0.1) is 0 Å². The van der Waals surface area contributed by atoms with Crippen molar-refractivity contribution in [3.63, 3.8) is 0 Å². The van der Waals surface area contributed by atoms with E-state index >= 15 is 0 Å².